The Balaban J connectivity index is 2.32. The van der Waals surface area contributed by atoms with Crippen LogP contribution >= 0.6 is 0 Å². The standard InChI is InChI=1S/C27H46O4Si2/c1-13-28-24-22(30-32(9,10)26(3,4)5)20-18-15-16-19(17-18)21(20)23(25(24)29-14-2)31-33(11,12)27(6,7)8/h15-16,18-19H,13-14,17H2,1-12H3. The first-order valence-electron chi connectivity index (χ1n) is 12.6. The second kappa shape index (κ2) is 8.67. The van der Waals surface area contributed by atoms with Crippen molar-refractivity contribution in [2.45, 2.75) is 110 Å². The largest absolute Gasteiger partial charge is 0.541 e. The molecule has 0 fully saturated rings. The molecule has 0 N–H and O–H groups in total. The molecule has 1 aromatic rings. The molecule has 1 aromatic carbocycles. The van der Waals surface area contributed by atoms with E-state index in [-0.39, 0.29) is 10.1 Å². The van der Waals surface area contributed by atoms with Gasteiger partial charge in [0.05, 0.1) is 13.2 Å². The quantitative estimate of drug-likeness (QED) is 0.271. The fraction of sp³-hybridized carbons (Fsp3) is 0.704. The van der Waals surface area contributed by atoms with Gasteiger partial charge in [-0.15, -0.1) is 0 Å². The molecule has 0 spiro atoms. The number of hydrogen-bond donors (Lipinski definition) is 0. The van der Waals surface area contributed by atoms with E-state index in [1.807, 2.05) is 13.8 Å². The van der Waals surface area contributed by atoms with Crippen LogP contribution in [0.15, 0.2) is 12.2 Å². The second-order valence-electron chi connectivity index (χ2n) is 12.6. The van der Waals surface area contributed by atoms with Crippen LogP contribution < -0.4 is 18.3 Å². The maximum Gasteiger partial charge on any atom is 0.250 e. The van der Waals surface area contributed by atoms with E-state index in [4.69, 9.17) is 18.3 Å². The minimum Gasteiger partial charge on any atom is -0.541 e. The zero-order valence-electron chi connectivity index (χ0n) is 23.1. The molecule has 186 valence electrons. The van der Waals surface area contributed by atoms with Crippen LogP contribution in [-0.2, 0) is 0 Å². The molecule has 2 aliphatic rings. The summed E-state index contributed by atoms with van der Waals surface area (Å²) < 4.78 is 26.8. The number of allylic oxidation sites excluding steroid dienone is 2. The van der Waals surface area contributed by atoms with Gasteiger partial charge in [-0.2, -0.15) is 0 Å². The average molecular weight is 491 g/mol. The zero-order chi connectivity index (χ0) is 25.0. The van der Waals surface area contributed by atoms with Gasteiger partial charge < -0.3 is 18.3 Å². The van der Waals surface area contributed by atoms with Crippen molar-refractivity contribution in [2.24, 2.45) is 0 Å². The fourth-order valence-electron chi connectivity index (χ4n) is 4.13. The smallest absolute Gasteiger partial charge is 0.250 e. The third-order valence-corrected chi connectivity index (χ3v) is 16.8. The third kappa shape index (κ3) is 4.62. The lowest BCUT2D eigenvalue weighted by Gasteiger charge is -2.40. The Morgan fingerprint density at radius 2 is 1.00 bits per heavy atom. The van der Waals surface area contributed by atoms with Gasteiger partial charge in [-0.3, -0.25) is 0 Å². The van der Waals surface area contributed by atoms with Gasteiger partial charge in [0.15, 0.2) is 11.5 Å². The van der Waals surface area contributed by atoms with Crippen molar-refractivity contribution in [3.63, 3.8) is 0 Å². The summed E-state index contributed by atoms with van der Waals surface area (Å²) in [6.45, 7) is 28.1. The maximum atomic E-state index is 7.04. The van der Waals surface area contributed by atoms with Crippen LogP contribution in [0, 0.1) is 0 Å². The summed E-state index contributed by atoms with van der Waals surface area (Å²) >= 11 is 0. The van der Waals surface area contributed by atoms with Gasteiger partial charge >= 0.3 is 0 Å². The summed E-state index contributed by atoms with van der Waals surface area (Å²) in [6, 6.07) is 0. The molecular formula is C27H46O4Si2. The number of hydrogen-bond acceptors (Lipinski definition) is 4. The number of ether oxygens (including phenoxy) is 2. The molecule has 0 radical (unpaired) electrons. The van der Waals surface area contributed by atoms with E-state index < -0.39 is 16.6 Å². The third-order valence-electron chi connectivity index (χ3n) is 8.13. The van der Waals surface area contributed by atoms with Crippen LogP contribution in [0.2, 0.25) is 36.3 Å². The fourth-order valence-corrected chi connectivity index (χ4v) is 6.17. The summed E-state index contributed by atoms with van der Waals surface area (Å²) in [5.41, 5.74) is 2.54. The van der Waals surface area contributed by atoms with E-state index >= 15 is 0 Å². The molecule has 0 aromatic heterocycles. The Morgan fingerprint density at radius 3 is 1.27 bits per heavy atom. The van der Waals surface area contributed by atoms with E-state index in [1.165, 1.54) is 11.1 Å². The molecule has 0 saturated heterocycles. The Kier molecular flexibility index (Phi) is 6.88. The van der Waals surface area contributed by atoms with Crippen molar-refractivity contribution < 1.29 is 18.3 Å². The van der Waals surface area contributed by atoms with E-state index in [9.17, 15) is 0 Å². The van der Waals surface area contributed by atoms with Crippen molar-refractivity contribution in [1.29, 1.82) is 0 Å². The minimum absolute atomic E-state index is 0.0823. The highest BCUT2D eigenvalue weighted by Crippen LogP contribution is 2.63. The topological polar surface area (TPSA) is 36.9 Å². The van der Waals surface area contributed by atoms with Crippen LogP contribution in [0.3, 0.4) is 0 Å². The summed E-state index contributed by atoms with van der Waals surface area (Å²) in [5, 5.41) is 0.165. The van der Waals surface area contributed by atoms with E-state index in [0.29, 0.717) is 25.0 Å². The number of rotatable bonds is 8. The van der Waals surface area contributed by atoms with E-state index in [1.54, 1.807) is 0 Å². The lowest BCUT2D eigenvalue weighted by atomic mass is 9.94. The van der Waals surface area contributed by atoms with Crippen LogP contribution in [0.25, 0.3) is 0 Å². The summed E-state index contributed by atoms with van der Waals surface area (Å²) in [5.74, 6) is 3.97. The van der Waals surface area contributed by atoms with Crippen molar-refractivity contribution >= 4 is 16.6 Å². The highest BCUT2D eigenvalue weighted by Gasteiger charge is 2.48. The highest BCUT2D eigenvalue weighted by molar-refractivity contribution is 6.75. The van der Waals surface area contributed by atoms with E-state index in [2.05, 4.69) is 79.9 Å². The molecule has 2 unspecified atom stereocenters. The molecule has 0 heterocycles. The molecule has 33 heavy (non-hydrogen) atoms. The normalized spacial score (nSPS) is 20.1. The van der Waals surface area contributed by atoms with Crippen LogP contribution in [0.1, 0.15) is 84.8 Å². The molecule has 6 heteroatoms. The van der Waals surface area contributed by atoms with Crippen molar-refractivity contribution in [2.75, 3.05) is 13.2 Å². The van der Waals surface area contributed by atoms with Crippen molar-refractivity contribution in [1.82, 2.24) is 0 Å². The minimum atomic E-state index is -2.11. The SMILES string of the molecule is CCOc1c(OCC)c(O[Si](C)(C)C(C)(C)C)c2c(c1O[Si](C)(C)C(C)(C)C)C1C=CC2C1. The lowest BCUT2D eigenvalue weighted by Crippen LogP contribution is -2.45. The van der Waals surface area contributed by atoms with Gasteiger partial charge in [-0.05, 0) is 56.5 Å². The molecule has 0 aliphatic heterocycles. The first kappa shape index (κ1) is 26.2. The van der Waals surface area contributed by atoms with Gasteiger partial charge in [-0.25, -0.2) is 0 Å². The predicted octanol–water partition coefficient (Wildman–Crippen LogP) is 8.39. The molecule has 0 saturated carbocycles. The second-order valence-corrected chi connectivity index (χ2v) is 22.0. The Morgan fingerprint density at radius 1 is 0.667 bits per heavy atom. The zero-order valence-corrected chi connectivity index (χ0v) is 25.1. The van der Waals surface area contributed by atoms with Crippen molar-refractivity contribution in [3.05, 3.63) is 23.3 Å². The van der Waals surface area contributed by atoms with Gasteiger partial charge in [0.1, 0.15) is 0 Å². The van der Waals surface area contributed by atoms with Gasteiger partial charge in [0.2, 0.25) is 11.5 Å². The molecular weight excluding hydrogens is 444 g/mol. The van der Waals surface area contributed by atoms with Gasteiger partial charge in [0.25, 0.3) is 16.6 Å². The number of fused-ring (bicyclic) bond motifs is 5. The molecule has 0 amide bonds. The van der Waals surface area contributed by atoms with Crippen LogP contribution in [0.5, 0.6) is 23.0 Å². The Hall–Kier alpha value is -1.41. The molecule has 2 atom stereocenters. The average Bonchev–Trinajstić information content (AvgIpc) is 3.27. The van der Waals surface area contributed by atoms with Crippen molar-refractivity contribution in [3.8, 4) is 23.0 Å². The molecule has 2 bridgehead atoms. The Bertz CT molecular complexity index is 847. The first-order valence-corrected chi connectivity index (χ1v) is 18.4. The predicted molar refractivity (Wildman–Crippen MR) is 144 cm³/mol. The maximum absolute atomic E-state index is 7.04. The monoisotopic (exact) mass is 490 g/mol. The van der Waals surface area contributed by atoms with Gasteiger partial charge in [-0.1, -0.05) is 53.7 Å². The van der Waals surface area contributed by atoms with Crippen LogP contribution in [0.4, 0.5) is 0 Å². The Labute approximate surface area is 204 Å². The first-order chi connectivity index (χ1) is 15.1. The molecule has 2 aliphatic carbocycles. The summed E-state index contributed by atoms with van der Waals surface area (Å²) in [7, 11) is -4.22. The summed E-state index contributed by atoms with van der Waals surface area (Å²) in [6.07, 6.45) is 5.77. The number of benzene rings is 1. The molecule has 3 rings (SSSR count). The lowest BCUT2D eigenvalue weighted by molar-refractivity contribution is 0.270. The molecule has 4 nitrogen and oxygen atoms in total. The van der Waals surface area contributed by atoms with Gasteiger partial charge in [0, 0.05) is 23.0 Å². The van der Waals surface area contributed by atoms with Crippen LogP contribution in [-0.4, -0.2) is 29.8 Å². The highest BCUT2D eigenvalue weighted by atomic mass is 28.4. The van der Waals surface area contributed by atoms with E-state index in [0.717, 1.165) is 29.4 Å². The summed E-state index contributed by atoms with van der Waals surface area (Å²) in [4.78, 5) is 0.